The molecular formula is C20H37IN6. The van der Waals surface area contributed by atoms with E-state index < -0.39 is 0 Å². The van der Waals surface area contributed by atoms with Crippen molar-refractivity contribution in [1.29, 1.82) is 0 Å². The van der Waals surface area contributed by atoms with Crippen molar-refractivity contribution in [2.75, 3.05) is 39.8 Å². The minimum Gasteiger partial charge on any atom is -0.355 e. The number of piperidine rings is 2. The zero-order valence-corrected chi connectivity index (χ0v) is 19.7. The van der Waals surface area contributed by atoms with Crippen molar-refractivity contribution in [3.63, 3.8) is 0 Å². The van der Waals surface area contributed by atoms with Crippen molar-refractivity contribution >= 4 is 29.9 Å². The fraction of sp³-hybridized carbons (Fsp3) is 0.800. The maximum absolute atomic E-state index is 4.57. The van der Waals surface area contributed by atoms with Crippen molar-refractivity contribution in [1.82, 2.24) is 24.7 Å². The predicted octanol–water partition coefficient (Wildman–Crippen LogP) is 3.08. The number of aliphatic imine (C=N–C) groups is 1. The molecule has 0 radical (unpaired) electrons. The first kappa shape index (κ1) is 22.5. The van der Waals surface area contributed by atoms with Crippen molar-refractivity contribution in [2.24, 2.45) is 16.8 Å². The minimum absolute atomic E-state index is 0. The molecule has 0 bridgehead atoms. The van der Waals surface area contributed by atoms with E-state index in [0.29, 0.717) is 18.0 Å². The molecule has 27 heavy (non-hydrogen) atoms. The number of halogens is 1. The van der Waals surface area contributed by atoms with Crippen LogP contribution in [-0.4, -0.2) is 71.1 Å². The van der Waals surface area contributed by atoms with E-state index in [-0.39, 0.29) is 24.0 Å². The van der Waals surface area contributed by atoms with Gasteiger partial charge >= 0.3 is 0 Å². The highest BCUT2D eigenvalue weighted by atomic mass is 127. The monoisotopic (exact) mass is 488 g/mol. The SMILES string of the molecule is CN=C(NCC(C)N1CCC(C)CC1)N1CCC(C)C(n2ccnc2)C1.I. The predicted molar refractivity (Wildman–Crippen MR) is 123 cm³/mol. The van der Waals surface area contributed by atoms with Crippen molar-refractivity contribution in [3.05, 3.63) is 18.7 Å². The average molecular weight is 488 g/mol. The molecule has 0 aliphatic carbocycles. The van der Waals surface area contributed by atoms with Crippen LogP contribution in [0.15, 0.2) is 23.7 Å². The van der Waals surface area contributed by atoms with Gasteiger partial charge in [0.1, 0.15) is 0 Å². The number of likely N-dealkylation sites (tertiary alicyclic amines) is 2. The molecule has 3 heterocycles. The first-order valence-electron chi connectivity index (χ1n) is 10.3. The highest BCUT2D eigenvalue weighted by molar-refractivity contribution is 14.0. The van der Waals surface area contributed by atoms with Crippen LogP contribution in [0.2, 0.25) is 0 Å². The van der Waals surface area contributed by atoms with E-state index in [1.807, 2.05) is 19.6 Å². The second kappa shape index (κ2) is 10.6. The maximum atomic E-state index is 4.57. The summed E-state index contributed by atoms with van der Waals surface area (Å²) in [4.78, 5) is 13.8. The Morgan fingerprint density at radius 3 is 2.59 bits per heavy atom. The van der Waals surface area contributed by atoms with Crippen LogP contribution in [0.25, 0.3) is 0 Å². The van der Waals surface area contributed by atoms with Gasteiger partial charge in [0.15, 0.2) is 5.96 Å². The largest absolute Gasteiger partial charge is 0.355 e. The van der Waals surface area contributed by atoms with Gasteiger partial charge < -0.3 is 14.8 Å². The summed E-state index contributed by atoms with van der Waals surface area (Å²) in [5, 5.41) is 3.64. The second-order valence-electron chi connectivity index (χ2n) is 8.28. The Morgan fingerprint density at radius 1 is 1.22 bits per heavy atom. The van der Waals surface area contributed by atoms with Gasteiger partial charge in [-0.15, -0.1) is 24.0 Å². The Hall–Kier alpha value is -0.830. The summed E-state index contributed by atoms with van der Waals surface area (Å²) in [5.41, 5.74) is 0. The molecule has 1 aromatic rings. The van der Waals surface area contributed by atoms with Crippen molar-refractivity contribution < 1.29 is 0 Å². The number of aromatic nitrogens is 2. The molecule has 2 saturated heterocycles. The molecule has 0 amide bonds. The molecule has 2 aliphatic heterocycles. The van der Waals surface area contributed by atoms with Gasteiger partial charge in [0.25, 0.3) is 0 Å². The lowest BCUT2D eigenvalue weighted by Crippen LogP contribution is -2.52. The first-order valence-corrected chi connectivity index (χ1v) is 10.3. The summed E-state index contributed by atoms with van der Waals surface area (Å²) in [6.07, 6.45) is 9.74. The Bertz CT molecular complexity index is 567. The molecule has 1 aromatic heterocycles. The topological polar surface area (TPSA) is 48.7 Å². The van der Waals surface area contributed by atoms with Crippen LogP contribution >= 0.6 is 24.0 Å². The molecule has 0 spiro atoms. The lowest BCUT2D eigenvalue weighted by Gasteiger charge is -2.40. The van der Waals surface area contributed by atoms with Crippen LogP contribution in [0.4, 0.5) is 0 Å². The summed E-state index contributed by atoms with van der Waals surface area (Å²) in [6, 6.07) is 1.01. The van der Waals surface area contributed by atoms with E-state index in [2.05, 4.69) is 56.6 Å². The van der Waals surface area contributed by atoms with E-state index in [9.17, 15) is 0 Å². The van der Waals surface area contributed by atoms with Gasteiger partial charge in [0.2, 0.25) is 0 Å². The summed E-state index contributed by atoms with van der Waals surface area (Å²) in [6.45, 7) is 12.5. The highest BCUT2D eigenvalue weighted by Crippen LogP contribution is 2.27. The molecule has 1 N–H and O–H groups in total. The summed E-state index contributed by atoms with van der Waals surface area (Å²) < 4.78 is 2.25. The van der Waals surface area contributed by atoms with Gasteiger partial charge in [-0.3, -0.25) is 9.89 Å². The number of hydrogen-bond donors (Lipinski definition) is 1. The number of imidazole rings is 1. The fourth-order valence-corrected chi connectivity index (χ4v) is 4.26. The van der Waals surface area contributed by atoms with E-state index in [4.69, 9.17) is 0 Å². The Morgan fingerprint density at radius 2 is 1.96 bits per heavy atom. The van der Waals surface area contributed by atoms with Gasteiger partial charge in [0.05, 0.1) is 12.4 Å². The Balaban J connectivity index is 0.00000261. The molecule has 154 valence electrons. The maximum Gasteiger partial charge on any atom is 0.193 e. The van der Waals surface area contributed by atoms with Gasteiger partial charge in [-0.25, -0.2) is 4.98 Å². The first-order chi connectivity index (χ1) is 12.6. The standard InChI is InChI=1S/C20H36N6.HI/c1-16-5-9-24(10-6-16)18(3)13-23-20(21-4)25-11-7-17(2)19(14-25)26-12-8-22-15-26;/h8,12,15-19H,5-7,9-11,13-14H2,1-4H3,(H,21,23);1H. The molecule has 0 saturated carbocycles. The number of nitrogens with one attached hydrogen (secondary N) is 1. The molecule has 0 aromatic carbocycles. The molecule has 2 aliphatic rings. The minimum atomic E-state index is 0. The Labute approximate surface area is 181 Å². The van der Waals surface area contributed by atoms with E-state index in [1.165, 1.54) is 32.4 Å². The summed E-state index contributed by atoms with van der Waals surface area (Å²) >= 11 is 0. The van der Waals surface area contributed by atoms with Crippen LogP contribution in [0, 0.1) is 11.8 Å². The van der Waals surface area contributed by atoms with Crippen LogP contribution in [0.3, 0.4) is 0 Å². The Kier molecular flexibility index (Phi) is 8.85. The van der Waals surface area contributed by atoms with Crippen LogP contribution in [0.1, 0.15) is 46.1 Å². The molecular weight excluding hydrogens is 451 g/mol. The van der Waals surface area contributed by atoms with Crippen LogP contribution in [-0.2, 0) is 0 Å². The van der Waals surface area contributed by atoms with Gasteiger partial charge in [-0.1, -0.05) is 13.8 Å². The van der Waals surface area contributed by atoms with E-state index in [0.717, 1.165) is 31.5 Å². The molecule has 7 heteroatoms. The summed E-state index contributed by atoms with van der Waals surface area (Å²) in [7, 11) is 1.90. The number of hydrogen-bond acceptors (Lipinski definition) is 3. The molecule has 3 rings (SSSR count). The van der Waals surface area contributed by atoms with Gasteiger partial charge in [-0.05, 0) is 51.1 Å². The van der Waals surface area contributed by atoms with Gasteiger partial charge in [-0.2, -0.15) is 0 Å². The van der Waals surface area contributed by atoms with E-state index >= 15 is 0 Å². The smallest absolute Gasteiger partial charge is 0.193 e. The molecule has 3 atom stereocenters. The van der Waals surface area contributed by atoms with Crippen molar-refractivity contribution in [2.45, 2.75) is 52.1 Å². The zero-order valence-electron chi connectivity index (χ0n) is 17.3. The third kappa shape index (κ3) is 5.82. The third-order valence-corrected chi connectivity index (χ3v) is 6.33. The quantitative estimate of drug-likeness (QED) is 0.402. The highest BCUT2D eigenvalue weighted by Gasteiger charge is 2.29. The summed E-state index contributed by atoms with van der Waals surface area (Å²) in [5.74, 6) is 2.58. The number of nitrogens with zero attached hydrogens (tertiary/aromatic N) is 5. The molecule has 3 unspecified atom stereocenters. The second-order valence-corrected chi connectivity index (χ2v) is 8.28. The number of rotatable bonds is 4. The lowest BCUT2D eigenvalue weighted by atomic mass is 9.93. The molecule has 6 nitrogen and oxygen atoms in total. The van der Waals surface area contributed by atoms with Gasteiger partial charge in [0, 0.05) is 45.1 Å². The van der Waals surface area contributed by atoms with Crippen molar-refractivity contribution in [3.8, 4) is 0 Å². The van der Waals surface area contributed by atoms with Crippen LogP contribution < -0.4 is 5.32 Å². The lowest BCUT2D eigenvalue weighted by molar-refractivity contribution is 0.145. The normalized spacial score (nSPS) is 26.5. The fourth-order valence-electron chi connectivity index (χ4n) is 4.26. The number of guanidine groups is 1. The van der Waals surface area contributed by atoms with Crippen LogP contribution in [0.5, 0.6) is 0 Å². The van der Waals surface area contributed by atoms with E-state index in [1.54, 1.807) is 0 Å². The molecule has 2 fully saturated rings. The average Bonchev–Trinajstić information content (AvgIpc) is 3.18. The zero-order chi connectivity index (χ0) is 18.5. The third-order valence-electron chi connectivity index (χ3n) is 6.33.